The van der Waals surface area contributed by atoms with E-state index in [4.69, 9.17) is 9.73 Å². The number of aliphatic imine (C=N–C) groups is 1. The Labute approximate surface area is 261 Å². The number of piperidine rings is 1. The number of aromatic nitrogens is 3. The fourth-order valence-electron chi connectivity index (χ4n) is 5.82. The molecule has 2 aromatic heterocycles. The van der Waals surface area contributed by atoms with Crippen molar-refractivity contribution >= 4 is 29.2 Å². The number of anilines is 1. The van der Waals surface area contributed by atoms with Gasteiger partial charge in [-0.15, -0.1) is 0 Å². The van der Waals surface area contributed by atoms with Gasteiger partial charge in [-0.1, -0.05) is 6.92 Å². The normalized spacial score (nSPS) is 14.4. The van der Waals surface area contributed by atoms with E-state index in [9.17, 15) is 23.6 Å². The number of ether oxygens (including phenoxy) is 1. The minimum absolute atomic E-state index is 0.129. The molecule has 2 amide bonds. The van der Waals surface area contributed by atoms with Crippen LogP contribution in [0, 0.1) is 5.82 Å². The maximum atomic E-state index is 13.6. The second-order valence-electron chi connectivity index (χ2n) is 11.3. The van der Waals surface area contributed by atoms with Gasteiger partial charge in [-0.25, -0.2) is 19.2 Å². The van der Waals surface area contributed by atoms with Crippen molar-refractivity contribution in [2.45, 2.75) is 65.0 Å². The van der Waals surface area contributed by atoms with Crippen molar-refractivity contribution < 1.29 is 18.7 Å². The predicted molar refractivity (Wildman–Crippen MR) is 169 cm³/mol. The van der Waals surface area contributed by atoms with Crippen LogP contribution in [0.5, 0.6) is 0 Å². The molecular formula is C33H39FN6O5. The molecule has 0 aliphatic carbocycles. The average Bonchev–Trinajstić information content (AvgIpc) is 3.50. The van der Waals surface area contributed by atoms with E-state index in [1.807, 2.05) is 11.8 Å². The first-order chi connectivity index (χ1) is 21.8. The Kier molecular flexibility index (Phi) is 10.3. The monoisotopic (exact) mass is 618 g/mol. The first-order valence-corrected chi connectivity index (χ1v) is 15.6. The Morgan fingerprint density at radius 3 is 2.49 bits per heavy atom. The van der Waals surface area contributed by atoms with Crippen LogP contribution in [0.1, 0.15) is 66.9 Å². The van der Waals surface area contributed by atoms with Gasteiger partial charge in [0, 0.05) is 76.6 Å². The number of halogens is 1. The Hall–Kier alpha value is -4.45. The van der Waals surface area contributed by atoms with Crippen molar-refractivity contribution in [1.82, 2.24) is 19.0 Å². The number of carbonyl (C=O) groups is 2. The van der Waals surface area contributed by atoms with Crippen molar-refractivity contribution in [2.24, 2.45) is 4.99 Å². The lowest BCUT2D eigenvalue weighted by Gasteiger charge is -2.28. The van der Waals surface area contributed by atoms with Crippen LogP contribution >= 0.6 is 0 Å². The van der Waals surface area contributed by atoms with Gasteiger partial charge in [0.15, 0.2) is 0 Å². The standard InChI is InChI=1S/C33H39FN6O5/c1-3-15-39-30-26(32(43)40(33(39)44)19-7-20-45-2)21-27(36-30)24-11-14-28(35-22-24)38(31(42)23-9-12-25(34)13-10-23)18-6-17-37-16-5-4-8-29(37)41/h9-14,22H,3-8,15-21H2,1-2H3. The molecule has 3 aromatic rings. The van der Waals surface area contributed by atoms with Crippen molar-refractivity contribution in [3.8, 4) is 0 Å². The summed E-state index contributed by atoms with van der Waals surface area (Å²) < 4.78 is 21.5. The van der Waals surface area contributed by atoms with Crippen LogP contribution in [0.2, 0.25) is 0 Å². The van der Waals surface area contributed by atoms with Gasteiger partial charge in [-0.3, -0.25) is 28.4 Å². The lowest BCUT2D eigenvalue weighted by molar-refractivity contribution is -0.133. The molecule has 11 nitrogen and oxygen atoms in total. The molecule has 0 saturated carbocycles. The minimum atomic E-state index is -0.436. The minimum Gasteiger partial charge on any atom is -0.385 e. The highest BCUT2D eigenvalue weighted by molar-refractivity contribution is 6.07. The number of amides is 2. The lowest BCUT2D eigenvalue weighted by atomic mass is 10.1. The number of methoxy groups -OCH3 is 1. The predicted octanol–water partition coefficient (Wildman–Crippen LogP) is 3.72. The third-order valence-electron chi connectivity index (χ3n) is 8.18. The highest BCUT2D eigenvalue weighted by Gasteiger charge is 2.27. The quantitative estimate of drug-likeness (QED) is 0.270. The van der Waals surface area contributed by atoms with Crippen LogP contribution in [0.15, 0.2) is 57.2 Å². The molecule has 1 aromatic carbocycles. The summed E-state index contributed by atoms with van der Waals surface area (Å²) in [6.45, 7) is 4.65. The highest BCUT2D eigenvalue weighted by Crippen LogP contribution is 2.26. The van der Waals surface area contributed by atoms with E-state index in [0.717, 1.165) is 12.8 Å². The molecule has 2 aliphatic heterocycles. The summed E-state index contributed by atoms with van der Waals surface area (Å²) in [4.78, 5) is 65.1. The molecule has 4 heterocycles. The van der Waals surface area contributed by atoms with Crippen LogP contribution in [0.25, 0.3) is 0 Å². The van der Waals surface area contributed by atoms with E-state index >= 15 is 0 Å². The Balaban J connectivity index is 1.39. The summed E-state index contributed by atoms with van der Waals surface area (Å²) in [6.07, 6.45) is 6.07. The van der Waals surface area contributed by atoms with Gasteiger partial charge in [-0.2, -0.15) is 0 Å². The molecule has 12 heteroatoms. The van der Waals surface area contributed by atoms with Crippen molar-refractivity contribution in [1.29, 1.82) is 0 Å². The number of likely N-dealkylation sites (tertiary alicyclic amines) is 1. The second kappa shape index (κ2) is 14.6. The first kappa shape index (κ1) is 32.0. The van der Waals surface area contributed by atoms with Gasteiger partial charge in [0.1, 0.15) is 17.5 Å². The van der Waals surface area contributed by atoms with Gasteiger partial charge in [0.2, 0.25) is 5.91 Å². The fourth-order valence-corrected chi connectivity index (χ4v) is 5.82. The molecule has 0 atom stereocenters. The van der Waals surface area contributed by atoms with E-state index in [0.29, 0.717) is 92.5 Å². The highest BCUT2D eigenvalue weighted by atomic mass is 19.1. The van der Waals surface area contributed by atoms with E-state index in [1.165, 1.54) is 33.7 Å². The molecule has 1 fully saturated rings. The summed E-state index contributed by atoms with van der Waals surface area (Å²) in [5.41, 5.74) is 1.35. The Morgan fingerprint density at radius 2 is 1.80 bits per heavy atom. The number of rotatable bonds is 13. The van der Waals surface area contributed by atoms with E-state index in [-0.39, 0.29) is 36.0 Å². The molecule has 2 aliphatic rings. The zero-order valence-corrected chi connectivity index (χ0v) is 25.8. The zero-order chi connectivity index (χ0) is 31.9. The maximum absolute atomic E-state index is 13.6. The van der Waals surface area contributed by atoms with Crippen LogP contribution in [-0.2, 0) is 29.0 Å². The van der Waals surface area contributed by atoms with Crippen LogP contribution in [-0.4, -0.2) is 69.9 Å². The molecule has 5 rings (SSSR count). The SMILES string of the molecule is CCCn1c2c(c(=O)n(CCCOC)c1=O)CC(c1ccc(N(CCCN3CCCCC3=O)C(=O)c3ccc(F)cc3)nc1)=N2. The van der Waals surface area contributed by atoms with E-state index < -0.39 is 5.82 Å². The molecule has 45 heavy (non-hydrogen) atoms. The third kappa shape index (κ3) is 7.11. The zero-order valence-electron chi connectivity index (χ0n) is 25.8. The largest absolute Gasteiger partial charge is 0.385 e. The number of hydrogen-bond donors (Lipinski definition) is 0. The van der Waals surface area contributed by atoms with E-state index in [2.05, 4.69) is 4.98 Å². The Morgan fingerprint density at radius 1 is 1.00 bits per heavy atom. The summed E-state index contributed by atoms with van der Waals surface area (Å²) in [5, 5.41) is 0. The average molecular weight is 619 g/mol. The molecule has 0 spiro atoms. The summed E-state index contributed by atoms with van der Waals surface area (Å²) in [6, 6.07) is 8.88. The smallest absolute Gasteiger partial charge is 0.332 e. The van der Waals surface area contributed by atoms with Crippen LogP contribution in [0.3, 0.4) is 0 Å². The molecule has 0 unspecified atom stereocenters. The molecule has 0 radical (unpaired) electrons. The van der Waals surface area contributed by atoms with E-state index in [1.54, 1.807) is 30.0 Å². The van der Waals surface area contributed by atoms with Gasteiger partial charge in [0.25, 0.3) is 11.5 Å². The number of hydrogen-bond acceptors (Lipinski definition) is 7. The van der Waals surface area contributed by atoms with Crippen molar-refractivity contribution in [3.63, 3.8) is 0 Å². The number of carbonyl (C=O) groups excluding carboxylic acids is 2. The van der Waals surface area contributed by atoms with Gasteiger partial charge in [0.05, 0.1) is 11.3 Å². The molecule has 0 N–H and O–H groups in total. The van der Waals surface area contributed by atoms with Crippen LogP contribution < -0.4 is 16.1 Å². The summed E-state index contributed by atoms with van der Waals surface area (Å²) in [5.74, 6) is 0.147. The second-order valence-corrected chi connectivity index (χ2v) is 11.3. The molecule has 0 bridgehead atoms. The van der Waals surface area contributed by atoms with Gasteiger partial charge < -0.3 is 9.64 Å². The van der Waals surface area contributed by atoms with Gasteiger partial charge >= 0.3 is 5.69 Å². The summed E-state index contributed by atoms with van der Waals surface area (Å²) >= 11 is 0. The van der Waals surface area contributed by atoms with Crippen molar-refractivity contribution in [2.75, 3.05) is 38.3 Å². The maximum Gasteiger partial charge on any atom is 0.332 e. The fraction of sp³-hybridized carbons (Fsp3) is 0.455. The topological polar surface area (TPSA) is 119 Å². The van der Waals surface area contributed by atoms with Crippen LogP contribution in [0.4, 0.5) is 16.0 Å². The number of benzene rings is 1. The molecule has 1 saturated heterocycles. The Bertz CT molecular complexity index is 1680. The lowest BCUT2D eigenvalue weighted by Crippen LogP contribution is -2.41. The first-order valence-electron chi connectivity index (χ1n) is 15.6. The molecular weight excluding hydrogens is 579 g/mol. The number of nitrogens with zero attached hydrogens (tertiary/aromatic N) is 6. The number of pyridine rings is 1. The molecule has 238 valence electrons. The number of fused-ring (bicyclic) bond motifs is 1. The summed E-state index contributed by atoms with van der Waals surface area (Å²) in [7, 11) is 1.58. The van der Waals surface area contributed by atoms with Crippen molar-refractivity contribution in [3.05, 3.63) is 85.9 Å². The van der Waals surface area contributed by atoms with Gasteiger partial charge in [-0.05, 0) is 68.5 Å². The third-order valence-corrected chi connectivity index (χ3v) is 8.18.